The monoisotopic (exact) mass is 329 g/mol. The topological polar surface area (TPSA) is 46.9 Å². The first-order valence-electron chi connectivity index (χ1n) is 7.13. The molecule has 0 saturated heterocycles. The SMILES string of the molecule is CCCCn1ncc(NCC(CC)CC)c(Br)c1=O. The minimum atomic E-state index is -0.0528. The zero-order valence-electron chi connectivity index (χ0n) is 12.1. The standard InChI is InChI=1S/C14H24BrN3O/c1-4-7-8-18-14(19)13(15)12(10-17-18)16-9-11(5-2)6-3/h10-11,16H,4-9H2,1-3H3. The molecule has 0 aromatic carbocycles. The average Bonchev–Trinajstić information content (AvgIpc) is 2.43. The molecule has 0 aliphatic heterocycles. The van der Waals surface area contributed by atoms with Crippen molar-refractivity contribution >= 4 is 21.6 Å². The first-order chi connectivity index (χ1) is 9.13. The molecule has 0 unspecified atom stereocenters. The fourth-order valence-electron chi connectivity index (χ4n) is 1.89. The smallest absolute Gasteiger partial charge is 0.283 e. The van der Waals surface area contributed by atoms with Crippen molar-refractivity contribution in [3.8, 4) is 0 Å². The zero-order valence-corrected chi connectivity index (χ0v) is 13.7. The highest BCUT2D eigenvalue weighted by atomic mass is 79.9. The van der Waals surface area contributed by atoms with Gasteiger partial charge in [-0.05, 0) is 28.3 Å². The molecule has 19 heavy (non-hydrogen) atoms. The summed E-state index contributed by atoms with van der Waals surface area (Å²) < 4.78 is 2.11. The van der Waals surface area contributed by atoms with E-state index in [0.717, 1.165) is 37.9 Å². The highest BCUT2D eigenvalue weighted by Crippen LogP contribution is 2.18. The molecule has 1 heterocycles. The maximum Gasteiger partial charge on any atom is 0.283 e. The van der Waals surface area contributed by atoms with E-state index in [9.17, 15) is 4.79 Å². The van der Waals surface area contributed by atoms with E-state index in [-0.39, 0.29) is 5.56 Å². The van der Waals surface area contributed by atoms with Crippen LogP contribution in [0.2, 0.25) is 0 Å². The van der Waals surface area contributed by atoms with Gasteiger partial charge in [-0.2, -0.15) is 5.10 Å². The highest BCUT2D eigenvalue weighted by Gasteiger charge is 2.10. The summed E-state index contributed by atoms with van der Waals surface area (Å²) in [5.74, 6) is 0.634. The summed E-state index contributed by atoms with van der Waals surface area (Å²) in [4.78, 5) is 12.1. The number of nitrogens with zero attached hydrogens (tertiary/aromatic N) is 2. The molecule has 0 aliphatic rings. The van der Waals surface area contributed by atoms with Crippen LogP contribution in [-0.2, 0) is 6.54 Å². The summed E-state index contributed by atoms with van der Waals surface area (Å²) in [5.41, 5.74) is 0.743. The van der Waals surface area contributed by atoms with Gasteiger partial charge in [0.25, 0.3) is 5.56 Å². The Labute approximate surface area is 123 Å². The lowest BCUT2D eigenvalue weighted by Gasteiger charge is -2.15. The molecule has 0 fully saturated rings. The lowest BCUT2D eigenvalue weighted by Crippen LogP contribution is -2.25. The van der Waals surface area contributed by atoms with Crippen molar-refractivity contribution < 1.29 is 0 Å². The molecule has 1 aromatic heterocycles. The number of unbranched alkanes of at least 4 members (excludes halogenated alkanes) is 1. The Balaban J connectivity index is 2.76. The molecule has 1 N–H and O–H groups in total. The summed E-state index contributed by atoms with van der Waals surface area (Å²) in [6.45, 7) is 8.04. The van der Waals surface area contributed by atoms with E-state index in [1.165, 1.54) is 4.68 Å². The minimum absolute atomic E-state index is 0.0528. The Kier molecular flexibility index (Phi) is 7.13. The van der Waals surface area contributed by atoms with Crippen LogP contribution in [0.3, 0.4) is 0 Å². The molecule has 108 valence electrons. The molecule has 0 amide bonds. The third-order valence-corrected chi connectivity index (χ3v) is 4.21. The Hall–Kier alpha value is -0.840. The number of nitrogens with one attached hydrogen (secondary N) is 1. The van der Waals surface area contributed by atoms with Crippen LogP contribution >= 0.6 is 15.9 Å². The van der Waals surface area contributed by atoms with Crippen molar-refractivity contribution in [1.82, 2.24) is 9.78 Å². The highest BCUT2D eigenvalue weighted by molar-refractivity contribution is 9.10. The maximum atomic E-state index is 12.1. The normalized spacial score (nSPS) is 11.0. The van der Waals surface area contributed by atoms with Crippen LogP contribution in [-0.4, -0.2) is 16.3 Å². The van der Waals surface area contributed by atoms with Gasteiger partial charge in [0, 0.05) is 13.1 Å². The fraction of sp³-hybridized carbons (Fsp3) is 0.714. The number of hydrogen-bond donors (Lipinski definition) is 1. The van der Waals surface area contributed by atoms with Crippen molar-refractivity contribution in [1.29, 1.82) is 0 Å². The van der Waals surface area contributed by atoms with Gasteiger partial charge in [0.15, 0.2) is 0 Å². The van der Waals surface area contributed by atoms with Crippen molar-refractivity contribution in [3.05, 3.63) is 21.0 Å². The largest absolute Gasteiger partial charge is 0.382 e. The summed E-state index contributed by atoms with van der Waals surface area (Å²) in [7, 11) is 0. The molecule has 0 bridgehead atoms. The Morgan fingerprint density at radius 3 is 2.63 bits per heavy atom. The first kappa shape index (κ1) is 16.2. The van der Waals surface area contributed by atoms with Crippen molar-refractivity contribution in [2.75, 3.05) is 11.9 Å². The van der Waals surface area contributed by atoms with Crippen molar-refractivity contribution in [2.45, 2.75) is 53.0 Å². The lowest BCUT2D eigenvalue weighted by molar-refractivity contribution is 0.517. The van der Waals surface area contributed by atoms with Gasteiger partial charge in [0.05, 0.1) is 11.9 Å². The van der Waals surface area contributed by atoms with E-state index in [4.69, 9.17) is 0 Å². The van der Waals surface area contributed by atoms with Gasteiger partial charge in [0.1, 0.15) is 4.47 Å². The molecule has 0 saturated carbocycles. The predicted octanol–water partition coefficient (Wildman–Crippen LogP) is 3.65. The second-order valence-corrected chi connectivity index (χ2v) is 5.61. The molecule has 1 aromatic rings. The maximum absolute atomic E-state index is 12.1. The third-order valence-electron chi connectivity index (χ3n) is 3.44. The molecule has 0 spiro atoms. The van der Waals surface area contributed by atoms with Crippen LogP contribution in [0.4, 0.5) is 5.69 Å². The molecule has 1 rings (SSSR count). The summed E-state index contributed by atoms with van der Waals surface area (Å²) in [5, 5.41) is 7.53. The van der Waals surface area contributed by atoms with E-state index in [0.29, 0.717) is 16.9 Å². The molecular weight excluding hydrogens is 306 g/mol. The Morgan fingerprint density at radius 2 is 2.05 bits per heavy atom. The molecule has 0 radical (unpaired) electrons. The van der Waals surface area contributed by atoms with Crippen molar-refractivity contribution in [3.63, 3.8) is 0 Å². The average molecular weight is 330 g/mol. The van der Waals surface area contributed by atoms with Crippen LogP contribution in [0.1, 0.15) is 46.5 Å². The number of halogens is 1. The van der Waals surface area contributed by atoms with Crippen LogP contribution in [0, 0.1) is 5.92 Å². The molecular formula is C14H24BrN3O. The van der Waals surface area contributed by atoms with Crippen LogP contribution < -0.4 is 10.9 Å². The van der Waals surface area contributed by atoms with Gasteiger partial charge in [-0.3, -0.25) is 4.79 Å². The molecule has 4 nitrogen and oxygen atoms in total. The van der Waals surface area contributed by atoms with E-state index < -0.39 is 0 Å². The van der Waals surface area contributed by atoms with Gasteiger partial charge >= 0.3 is 0 Å². The number of aromatic nitrogens is 2. The van der Waals surface area contributed by atoms with Crippen LogP contribution in [0.5, 0.6) is 0 Å². The van der Waals surface area contributed by atoms with Gasteiger partial charge in [-0.25, -0.2) is 4.68 Å². The van der Waals surface area contributed by atoms with Gasteiger partial charge < -0.3 is 5.32 Å². The predicted molar refractivity (Wildman–Crippen MR) is 83.7 cm³/mol. The number of hydrogen-bond acceptors (Lipinski definition) is 3. The summed E-state index contributed by atoms with van der Waals surface area (Å²) >= 11 is 3.38. The number of aryl methyl sites for hydroxylation is 1. The lowest BCUT2D eigenvalue weighted by atomic mass is 10.0. The zero-order chi connectivity index (χ0) is 14.3. The van der Waals surface area contributed by atoms with Crippen LogP contribution in [0.25, 0.3) is 0 Å². The molecule has 0 atom stereocenters. The van der Waals surface area contributed by atoms with Crippen LogP contribution in [0.15, 0.2) is 15.5 Å². The first-order valence-corrected chi connectivity index (χ1v) is 7.92. The second kappa shape index (κ2) is 8.35. The Bertz CT molecular complexity index is 441. The minimum Gasteiger partial charge on any atom is -0.382 e. The van der Waals surface area contributed by atoms with E-state index in [1.807, 2.05) is 0 Å². The van der Waals surface area contributed by atoms with Gasteiger partial charge in [0.2, 0.25) is 0 Å². The van der Waals surface area contributed by atoms with E-state index in [1.54, 1.807) is 6.20 Å². The summed E-state index contributed by atoms with van der Waals surface area (Å²) in [6, 6.07) is 0. The third kappa shape index (κ3) is 4.64. The molecule has 0 aliphatic carbocycles. The summed E-state index contributed by atoms with van der Waals surface area (Å²) in [6.07, 6.45) is 6.05. The number of rotatable bonds is 8. The molecule has 5 heteroatoms. The fourth-order valence-corrected chi connectivity index (χ4v) is 2.33. The van der Waals surface area contributed by atoms with E-state index >= 15 is 0 Å². The van der Waals surface area contributed by atoms with Crippen molar-refractivity contribution in [2.24, 2.45) is 5.92 Å². The van der Waals surface area contributed by atoms with Gasteiger partial charge in [-0.15, -0.1) is 0 Å². The van der Waals surface area contributed by atoms with Gasteiger partial charge in [-0.1, -0.05) is 40.0 Å². The number of anilines is 1. The quantitative estimate of drug-likeness (QED) is 0.791. The van der Waals surface area contributed by atoms with E-state index in [2.05, 4.69) is 47.1 Å². The Morgan fingerprint density at radius 1 is 1.37 bits per heavy atom. The second-order valence-electron chi connectivity index (χ2n) is 4.82.